The summed E-state index contributed by atoms with van der Waals surface area (Å²) in [6.07, 6.45) is 0. The number of benzene rings is 2. The monoisotopic (exact) mass is 293 g/mol. The fourth-order valence-corrected chi connectivity index (χ4v) is 2.11. The fraction of sp³-hybridized carbons (Fsp3) is 0.250. The minimum absolute atomic E-state index is 0.131. The number of phenolic OH excluding ortho intramolecular Hbond substituents is 1. The van der Waals surface area contributed by atoms with Crippen molar-refractivity contribution in [2.75, 3.05) is 5.32 Å². The number of rotatable bonds is 5. The van der Waals surface area contributed by atoms with Gasteiger partial charge in [0.1, 0.15) is 11.5 Å². The van der Waals surface area contributed by atoms with Gasteiger partial charge >= 0.3 is 6.61 Å². The van der Waals surface area contributed by atoms with Crippen LogP contribution in [0.4, 0.5) is 14.5 Å². The van der Waals surface area contributed by atoms with Gasteiger partial charge in [0.05, 0.1) is 0 Å². The third-order valence-corrected chi connectivity index (χ3v) is 3.13. The number of anilines is 1. The van der Waals surface area contributed by atoms with Crippen LogP contribution in [0, 0.1) is 13.8 Å². The highest BCUT2D eigenvalue weighted by atomic mass is 19.3. The van der Waals surface area contributed by atoms with Gasteiger partial charge in [0, 0.05) is 12.2 Å². The van der Waals surface area contributed by atoms with Crippen LogP contribution in [0.1, 0.15) is 16.7 Å². The summed E-state index contributed by atoms with van der Waals surface area (Å²) in [6.45, 7) is 1.47. The Kier molecular flexibility index (Phi) is 4.62. The molecule has 0 unspecified atom stereocenters. The molecule has 0 saturated carbocycles. The van der Waals surface area contributed by atoms with Crippen LogP contribution in [0.25, 0.3) is 0 Å². The summed E-state index contributed by atoms with van der Waals surface area (Å²) in [4.78, 5) is 0. The van der Waals surface area contributed by atoms with Crippen LogP contribution >= 0.6 is 0 Å². The number of ether oxygens (including phenoxy) is 1. The first-order valence-electron chi connectivity index (χ1n) is 6.53. The van der Waals surface area contributed by atoms with Crippen molar-refractivity contribution in [3.8, 4) is 11.5 Å². The maximum absolute atomic E-state index is 12.0. The van der Waals surface area contributed by atoms with Crippen LogP contribution in [0.5, 0.6) is 11.5 Å². The number of hydrogen-bond acceptors (Lipinski definition) is 3. The van der Waals surface area contributed by atoms with E-state index < -0.39 is 6.61 Å². The van der Waals surface area contributed by atoms with Gasteiger partial charge in [0.15, 0.2) is 0 Å². The number of aryl methyl sites for hydroxylation is 2. The van der Waals surface area contributed by atoms with Crippen LogP contribution in [0.2, 0.25) is 0 Å². The molecule has 0 heterocycles. The quantitative estimate of drug-likeness (QED) is 0.867. The third-order valence-electron chi connectivity index (χ3n) is 3.13. The molecule has 0 atom stereocenters. The Morgan fingerprint density at radius 3 is 2.19 bits per heavy atom. The Balaban J connectivity index is 2.00. The number of alkyl halides is 2. The summed E-state index contributed by atoms with van der Waals surface area (Å²) < 4.78 is 28.4. The highest BCUT2D eigenvalue weighted by molar-refractivity contribution is 5.48. The predicted octanol–water partition coefficient (Wildman–Crippen LogP) is 4.22. The molecule has 0 aromatic heterocycles. The molecule has 5 heteroatoms. The van der Waals surface area contributed by atoms with E-state index in [0.29, 0.717) is 12.3 Å². The van der Waals surface area contributed by atoms with Crippen LogP contribution in [-0.2, 0) is 6.54 Å². The molecule has 2 N–H and O–H groups in total. The lowest BCUT2D eigenvalue weighted by atomic mass is 10.1. The first-order valence-corrected chi connectivity index (χ1v) is 6.53. The van der Waals surface area contributed by atoms with Crippen molar-refractivity contribution in [2.45, 2.75) is 27.0 Å². The molecule has 0 aliphatic carbocycles. The first kappa shape index (κ1) is 15.1. The lowest BCUT2D eigenvalue weighted by molar-refractivity contribution is -0.0498. The lowest BCUT2D eigenvalue weighted by Gasteiger charge is -2.11. The predicted molar refractivity (Wildman–Crippen MR) is 78.0 cm³/mol. The maximum Gasteiger partial charge on any atom is 0.387 e. The number of hydrogen-bond donors (Lipinski definition) is 2. The summed E-state index contributed by atoms with van der Waals surface area (Å²) in [5.41, 5.74) is 3.50. The van der Waals surface area contributed by atoms with Crippen molar-refractivity contribution in [1.29, 1.82) is 0 Å². The van der Waals surface area contributed by atoms with E-state index in [1.807, 2.05) is 26.0 Å². The second-order valence-electron chi connectivity index (χ2n) is 4.83. The van der Waals surface area contributed by atoms with Crippen molar-refractivity contribution in [3.63, 3.8) is 0 Å². The molecule has 0 spiro atoms. The highest BCUT2D eigenvalue weighted by Crippen LogP contribution is 2.24. The lowest BCUT2D eigenvalue weighted by Crippen LogP contribution is -2.03. The van der Waals surface area contributed by atoms with Crippen molar-refractivity contribution in [3.05, 3.63) is 53.1 Å². The topological polar surface area (TPSA) is 41.5 Å². The third kappa shape index (κ3) is 4.08. The van der Waals surface area contributed by atoms with Gasteiger partial charge in [-0.05, 0) is 54.8 Å². The number of halogens is 2. The Labute approximate surface area is 122 Å². The van der Waals surface area contributed by atoms with E-state index in [1.54, 1.807) is 12.1 Å². The largest absolute Gasteiger partial charge is 0.507 e. The van der Waals surface area contributed by atoms with E-state index in [9.17, 15) is 13.9 Å². The number of phenols is 1. The van der Waals surface area contributed by atoms with Crippen LogP contribution in [0.15, 0.2) is 36.4 Å². The molecular weight excluding hydrogens is 276 g/mol. The SMILES string of the molecule is Cc1cc(CNc2ccc(OC(F)F)cc2)cc(C)c1O. The molecule has 112 valence electrons. The first-order chi connectivity index (χ1) is 9.95. The molecule has 0 saturated heterocycles. The Morgan fingerprint density at radius 1 is 1.10 bits per heavy atom. The smallest absolute Gasteiger partial charge is 0.387 e. The maximum atomic E-state index is 12.0. The molecule has 0 aliphatic rings. The molecule has 0 radical (unpaired) electrons. The van der Waals surface area contributed by atoms with E-state index in [2.05, 4.69) is 10.1 Å². The van der Waals surface area contributed by atoms with E-state index in [0.717, 1.165) is 22.4 Å². The molecule has 21 heavy (non-hydrogen) atoms. The normalized spacial score (nSPS) is 10.7. The van der Waals surface area contributed by atoms with Gasteiger partial charge in [0.2, 0.25) is 0 Å². The zero-order valence-electron chi connectivity index (χ0n) is 11.9. The van der Waals surface area contributed by atoms with Gasteiger partial charge < -0.3 is 15.2 Å². The van der Waals surface area contributed by atoms with Gasteiger partial charge in [-0.3, -0.25) is 0 Å². The minimum atomic E-state index is -2.81. The fourth-order valence-electron chi connectivity index (χ4n) is 2.11. The zero-order valence-corrected chi connectivity index (χ0v) is 11.9. The molecule has 0 bridgehead atoms. The summed E-state index contributed by atoms with van der Waals surface area (Å²) in [5.74, 6) is 0.444. The highest BCUT2D eigenvalue weighted by Gasteiger charge is 2.05. The second-order valence-corrected chi connectivity index (χ2v) is 4.83. The van der Waals surface area contributed by atoms with E-state index in [1.165, 1.54) is 12.1 Å². The molecule has 2 rings (SSSR count). The molecule has 0 amide bonds. The average Bonchev–Trinajstić information content (AvgIpc) is 2.43. The number of aromatic hydroxyl groups is 1. The summed E-state index contributed by atoms with van der Waals surface area (Å²) in [5, 5.41) is 12.9. The average molecular weight is 293 g/mol. The van der Waals surface area contributed by atoms with Gasteiger partial charge in [-0.15, -0.1) is 0 Å². The molecule has 2 aromatic carbocycles. The van der Waals surface area contributed by atoms with Crippen molar-refractivity contribution in [2.24, 2.45) is 0 Å². The van der Waals surface area contributed by atoms with Crippen LogP contribution in [0.3, 0.4) is 0 Å². The standard InChI is InChI=1S/C16H17F2NO2/c1-10-7-12(8-11(2)15(10)20)9-19-13-3-5-14(6-4-13)21-16(17)18/h3-8,16,19-20H,9H2,1-2H3. The van der Waals surface area contributed by atoms with Gasteiger partial charge in [-0.25, -0.2) is 0 Å². The molecule has 0 fully saturated rings. The Morgan fingerprint density at radius 2 is 1.67 bits per heavy atom. The van der Waals surface area contributed by atoms with E-state index in [4.69, 9.17) is 0 Å². The number of nitrogens with one attached hydrogen (secondary N) is 1. The molecule has 0 aliphatic heterocycles. The van der Waals surface area contributed by atoms with Crippen LogP contribution < -0.4 is 10.1 Å². The van der Waals surface area contributed by atoms with Gasteiger partial charge in [-0.1, -0.05) is 12.1 Å². The molecule has 3 nitrogen and oxygen atoms in total. The van der Waals surface area contributed by atoms with Crippen molar-refractivity contribution < 1.29 is 18.6 Å². The second kappa shape index (κ2) is 6.43. The summed E-state index contributed by atoms with van der Waals surface area (Å²) in [7, 11) is 0. The summed E-state index contributed by atoms with van der Waals surface area (Å²) in [6, 6.07) is 10.1. The van der Waals surface area contributed by atoms with Crippen molar-refractivity contribution in [1.82, 2.24) is 0 Å². The zero-order chi connectivity index (χ0) is 15.4. The van der Waals surface area contributed by atoms with E-state index >= 15 is 0 Å². The van der Waals surface area contributed by atoms with Gasteiger partial charge in [-0.2, -0.15) is 8.78 Å². The minimum Gasteiger partial charge on any atom is -0.507 e. The Hall–Kier alpha value is -2.30. The van der Waals surface area contributed by atoms with Crippen molar-refractivity contribution >= 4 is 5.69 Å². The molecular formula is C16H17F2NO2. The Bertz CT molecular complexity index is 589. The van der Waals surface area contributed by atoms with E-state index in [-0.39, 0.29) is 5.75 Å². The summed E-state index contributed by atoms with van der Waals surface area (Å²) >= 11 is 0. The van der Waals surface area contributed by atoms with Crippen LogP contribution in [-0.4, -0.2) is 11.7 Å². The molecule has 2 aromatic rings. The van der Waals surface area contributed by atoms with Gasteiger partial charge in [0.25, 0.3) is 0 Å².